The fraction of sp³-hybridized carbons (Fsp3) is 0.647. The van der Waals surface area contributed by atoms with Gasteiger partial charge in [-0.2, -0.15) is 0 Å². The maximum atomic E-state index is 5.64. The van der Waals surface area contributed by atoms with E-state index in [1.165, 1.54) is 43.2 Å². The zero-order chi connectivity index (χ0) is 13.7. The third-order valence-electron chi connectivity index (χ3n) is 4.65. The van der Waals surface area contributed by atoms with Gasteiger partial charge in [0.25, 0.3) is 0 Å². The van der Waals surface area contributed by atoms with E-state index < -0.39 is 0 Å². The van der Waals surface area contributed by atoms with Gasteiger partial charge < -0.3 is 5.73 Å². The van der Waals surface area contributed by atoms with Crippen molar-refractivity contribution in [3.63, 3.8) is 0 Å². The lowest BCUT2D eigenvalue weighted by atomic mass is 9.83. The molecule has 0 bridgehead atoms. The summed E-state index contributed by atoms with van der Waals surface area (Å²) < 4.78 is 0. The maximum absolute atomic E-state index is 5.64. The van der Waals surface area contributed by atoms with Crippen LogP contribution in [0.25, 0.3) is 0 Å². The number of benzene rings is 1. The van der Waals surface area contributed by atoms with Crippen LogP contribution in [0.2, 0.25) is 0 Å². The van der Waals surface area contributed by atoms with E-state index in [0.717, 1.165) is 18.5 Å². The van der Waals surface area contributed by atoms with Gasteiger partial charge in [-0.1, -0.05) is 50.5 Å². The van der Waals surface area contributed by atoms with Crippen molar-refractivity contribution in [1.29, 1.82) is 0 Å². The van der Waals surface area contributed by atoms with Crippen LogP contribution in [0.4, 0.5) is 0 Å². The van der Waals surface area contributed by atoms with Crippen molar-refractivity contribution in [1.82, 2.24) is 4.90 Å². The molecule has 1 aliphatic carbocycles. The molecule has 2 rings (SSSR count). The Morgan fingerprint density at radius 2 is 1.84 bits per heavy atom. The standard InChI is InChI=1S/C17H28N2/c1-3-14-5-4-6-17(11-14)19(2)13-16-9-7-15(12-18)8-10-16/h7-10,14,17H,3-6,11-13,18H2,1-2H3. The van der Waals surface area contributed by atoms with Crippen LogP contribution in [-0.4, -0.2) is 18.0 Å². The molecule has 0 aromatic heterocycles. The van der Waals surface area contributed by atoms with Crippen molar-refractivity contribution >= 4 is 0 Å². The Balaban J connectivity index is 1.90. The summed E-state index contributed by atoms with van der Waals surface area (Å²) in [6.07, 6.45) is 6.93. The molecule has 0 radical (unpaired) electrons. The Kier molecular flexibility index (Phi) is 5.41. The van der Waals surface area contributed by atoms with E-state index in [2.05, 4.69) is 43.1 Å². The molecule has 2 N–H and O–H groups in total. The summed E-state index contributed by atoms with van der Waals surface area (Å²) in [4.78, 5) is 2.54. The SMILES string of the molecule is CCC1CCCC(N(C)Cc2ccc(CN)cc2)C1. The first kappa shape index (κ1) is 14.5. The minimum Gasteiger partial charge on any atom is -0.326 e. The normalized spacial score (nSPS) is 23.8. The molecule has 0 aliphatic heterocycles. The van der Waals surface area contributed by atoms with E-state index in [4.69, 9.17) is 5.73 Å². The first-order chi connectivity index (χ1) is 9.22. The predicted octanol–water partition coefficient (Wildman–Crippen LogP) is 3.55. The van der Waals surface area contributed by atoms with Crippen LogP contribution in [0.15, 0.2) is 24.3 Å². The van der Waals surface area contributed by atoms with Crippen molar-refractivity contribution in [2.45, 2.75) is 58.2 Å². The van der Waals surface area contributed by atoms with E-state index in [1.54, 1.807) is 0 Å². The lowest BCUT2D eigenvalue weighted by Crippen LogP contribution is -2.35. The fourth-order valence-corrected chi connectivity index (χ4v) is 3.23. The van der Waals surface area contributed by atoms with Crippen molar-refractivity contribution in [3.8, 4) is 0 Å². The van der Waals surface area contributed by atoms with Crippen molar-refractivity contribution in [2.24, 2.45) is 11.7 Å². The van der Waals surface area contributed by atoms with E-state index >= 15 is 0 Å². The van der Waals surface area contributed by atoms with Gasteiger partial charge in [-0.25, -0.2) is 0 Å². The van der Waals surface area contributed by atoms with E-state index in [0.29, 0.717) is 6.54 Å². The van der Waals surface area contributed by atoms with Gasteiger partial charge in [0, 0.05) is 19.1 Å². The van der Waals surface area contributed by atoms with Gasteiger partial charge in [-0.15, -0.1) is 0 Å². The average molecular weight is 260 g/mol. The summed E-state index contributed by atoms with van der Waals surface area (Å²) in [7, 11) is 2.28. The summed E-state index contributed by atoms with van der Waals surface area (Å²) in [5.74, 6) is 0.945. The molecule has 1 aromatic carbocycles. The van der Waals surface area contributed by atoms with Crippen LogP contribution in [0.1, 0.15) is 50.2 Å². The largest absolute Gasteiger partial charge is 0.326 e. The second-order valence-electron chi connectivity index (χ2n) is 6.03. The molecule has 0 amide bonds. The zero-order valence-electron chi connectivity index (χ0n) is 12.4. The van der Waals surface area contributed by atoms with E-state index in [1.807, 2.05) is 0 Å². The summed E-state index contributed by atoms with van der Waals surface area (Å²) in [5, 5.41) is 0. The van der Waals surface area contributed by atoms with Gasteiger partial charge in [0.15, 0.2) is 0 Å². The van der Waals surface area contributed by atoms with Crippen molar-refractivity contribution in [3.05, 3.63) is 35.4 Å². The molecule has 106 valence electrons. The summed E-state index contributed by atoms with van der Waals surface area (Å²) >= 11 is 0. The monoisotopic (exact) mass is 260 g/mol. The van der Waals surface area contributed by atoms with Crippen LogP contribution in [-0.2, 0) is 13.1 Å². The highest BCUT2D eigenvalue weighted by Crippen LogP contribution is 2.29. The Labute approximate surface area is 118 Å². The molecule has 0 saturated heterocycles. The van der Waals surface area contributed by atoms with Gasteiger partial charge in [-0.3, -0.25) is 4.90 Å². The van der Waals surface area contributed by atoms with Crippen LogP contribution < -0.4 is 5.73 Å². The zero-order valence-corrected chi connectivity index (χ0v) is 12.4. The predicted molar refractivity (Wildman–Crippen MR) is 81.8 cm³/mol. The van der Waals surface area contributed by atoms with Crippen LogP contribution in [0.5, 0.6) is 0 Å². The third kappa shape index (κ3) is 4.05. The Bertz CT molecular complexity index is 371. The van der Waals surface area contributed by atoms with Crippen LogP contribution in [0.3, 0.4) is 0 Å². The lowest BCUT2D eigenvalue weighted by Gasteiger charge is -2.35. The summed E-state index contributed by atoms with van der Waals surface area (Å²) in [6, 6.07) is 9.52. The highest BCUT2D eigenvalue weighted by atomic mass is 15.1. The number of hydrogen-bond donors (Lipinski definition) is 1. The quantitative estimate of drug-likeness (QED) is 0.877. The molecule has 2 unspecified atom stereocenters. The fourth-order valence-electron chi connectivity index (χ4n) is 3.23. The molecule has 19 heavy (non-hydrogen) atoms. The van der Waals surface area contributed by atoms with Crippen LogP contribution in [0, 0.1) is 5.92 Å². The molecule has 1 aromatic rings. The lowest BCUT2D eigenvalue weighted by molar-refractivity contribution is 0.150. The Morgan fingerprint density at radius 1 is 1.16 bits per heavy atom. The number of hydrogen-bond acceptors (Lipinski definition) is 2. The molecule has 2 heteroatoms. The van der Waals surface area contributed by atoms with Gasteiger partial charge in [0.05, 0.1) is 0 Å². The molecule has 2 nitrogen and oxygen atoms in total. The number of rotatable bonds is 5. The topological polar surface area (TPSA) is 29.3 Å². The van der Waals surface area contributed by atoms with E-state index in [-0.39, 0.29) is 0 Å². The van der Waals surface area contributed by atoms with Gasteiger partial charge in [0.2, 0.25) is 0 Å². The smallest absolute Gasteiger partial charge is 0.0233 e. The second kappa shape index (κ2) is 7.06. The molecule has 0 heterocycles. The molecule has 1 aliphatic rings. The molecule has 0 spiro atoms. The van der Waals surface area contributed by atoms with Gasteiger partial charge in [-0.05, 0) is 36.9 Å². The number of nitrogens with two attached hydrogens (primary N) is 1. The molecular weight excluding hydrogens is 232 g/mol. The Morgan fingerprint density at radius 3 is 2.47 bits per heavy atom. The molecule has 1 saturated carbocycles. The van der Waals surface area contributed by atoms with E-state index in [9.17, 15) is 0 Å². The highest BCUT2D eigenvalue weighted by molar-refractivity contribution is 5.22. The first-order valence-electron chi connectivity index (χ1n) is 7.71. The summed E-state index contributed by atoms with van der Waals surface area (Å²) in [6.45, 7) is 4.03. The number of nitrogens with zero attached hydrogens (tertiary/aromatic N) is 1. The Hall–Kier alpha value is -0.860. The molecular formula is C17H28N2. The van der Waals surface area contributed by atoms with Gasteiger partial charge >= 0.3 is 0 Å². The average Bonchev–Trinajstić information content (AvgIpc) is 2.48. The minimum atomic E-state index is 0.636. The summed E-state index contributed by atoms with van der Waals surface area (Å²) in [5.41, 5.74) is 8.26. The van der Waals surface area contributed by atoms with Crippen LogP contribution >= 0.6 is 0 Å². The maximum Gasteiger partial charge on any atom is 0.0233 e. The molecule has 2 atom stereocenters. The van der Waals surface area contributed by atoms with Crippen molar-refractivity contribution in [2.75, 3.05) is 7.05 Å². The first-order valence-corrected chi connectivity index (χ1v) is 7.71. The van der Waals surface area contributed by atoms with Crippen molar-refractivity contribution < 1.29 is 0 Å². The van der Waals surface area contributed by atoms with Gasteiger partial charge in [0.1, 0.15) is 0 Å². The third-order valence-corrected chi connectivity index (χ3v) is 4.65. The highest BCUT2D eigenvalue weighted by Gasteiger charge is 2.23. The minimum absolute atomic E-state index is 0.636. The molecule has 1 fully saturated rings. The second-order valence-corrected chi connectivity index (χ2v) is 6.03.